The van der Waals surface area contributed by atoms with Crippen LogP contribution in [0.4, 0.5) is 5.00 Å². The third-order valence-corrected chi connectivity index (χ3v) is 5.14. The second kappa shape index (κ2) is 9.01. The molecule has 25 heavy (non-hydrogen) atoms. The van der Waals surface area contributed by atoms with Crippen LogP contribution in [0.1, 0.15) is 34.6 Å². The van der Waals surface area contributed by atoms with Crippen LogP contribution >= 0.6 is 27.3 Å². The highest BCUT2D eigenvalue weighted by molar-refractivity contribution is 9.10. The minimum atomic E-state index is -0.434. The Bertz CT molecular complexity index is 772. The molecular formula is C18H20BrNO4S. The molecule has 0 aliphatic rings. The summed E-state index contributed by atoms with van der Waals surface area (Å²) in [6, 6.07) is 7.38. The van der Waals surface area contributed by atoms with Crippen LogP contribution in [-0.4, -0.2) is 25.1 Å². The van der Waals surface area contributed by atoms with Gasteiger partial charge in [0.15, 0.2) is 6.61 Å². The number of anilines is 1. The Morgan fingerprint density at radius 2 is 2.00 bits per heavy atom. The summed E-state index contributed by atoms with van der Waals surface area (Å²) in [5, 5.41) is 3.24. The minimum absolute atomic E-state index is 0.150. The maximum Gasteiger partial charge on any atom is 0.341 e. The van der Waals surface area contributed by atoms with E-state index in [4.69, 9.17) is 9.47 Å². The summed E-state index contributed by atoms with van der Waals surface area (Å²) in [5.41, 5.74) is 1.47. The number of carbonyl (C=O) groups is 2. The fourth-order valence-corrected chi connectivity index (χ4v) is 3.71. The van der Waals surface area contributed by atoms with Gasteiger partial charge < -0.3 is 14.8 Å². The van der Waals surface area contributed by atoms with Crippen molar-refractivity contribution in [2.45, 2.75) is 27.2 Å². The first-order valence-corrected chi connectivity index (χ1v) is 9.54. The zero-order valence-electron chi connectivity index (χ0n) is 14.3. The molecule has 1 heterocycles. The number of thiophene rings is 1. The third kappa shape index (κ3) is 5.31. The lowest BCUT2D eigenvalue weighted by Crippen LogP contribution is -2.21. The second-order valence-corrected chi connectivity index (χ2v) is 7.29. The van der Waals surface area contributed by atoms with Gasteiger partial charge in [0.25, 0.3) is 5.91 Å². The van der Waals surface area contributed by atoms with Crippen LogP contribution in [0.3, 0.4) is 0 Å². The topological polar surface area (TPSA) is 64.6 Å². The van der Waals surface area contributed by atoms with Gasteiger partial charge in [0.1, 0.15) is 10.8 Å². The number of halogens is 1. The van der Waals surface area contributed by atoms with E-state index >= 15 is 0 Å². The Morgan fingerprint density at radius 1 is 1.24 bits per heavy atom. The number of hydrogen-bond donors (Lipinski definition) is 1. The number of rotatable bonds is 7. The van der Waals surface area contributed by atoms with Gasteiger partial charge in [-0.3, -0.25) is 4.79 Å². The van der Waals surface area contributed by atoms with Crippen LogP contribution in [0.5, 0.6) is 5.75 Å². The van der Waals surface area contributed by atoms with Gasteiger partial charge in [-0.05, 0) is 60.0 Å². The van der Waals surface area contributed by atoms with E-state index < -0.39 is 5.97 Å². The van der Waals surface area contributed by atoms with E-state index in [2.05, 4.69) is 21.2 Å². The lowest BCUT2D eigenvalue weighted by molar-refractivity contribution is -0.118. The van der Waals surface area contributed by atoms with Crippen molar-refractivity contribution in [3.05, 3.63) is 44.7 Å². The van der Waals surface area contributed by atoms with E-state index in [9.17, 15) is 9.59 Å². The second-order valence-electron chi connectivity index (χ2n) is 5.30. The van der Waals surface area contributed by atoms with Gasteiger partial charge in [-0.25, -0.2) is 4.79 Å². The van der Waals surface area contributed by atoms with Gasteiger partial charge in [-0.15, -0.1) is 11.3 Å². The van der Waals surface area contributed by atoms with Gasteiger partial charge in [0.2, 0.25) is 0 Å². The van der Waals surface area contributed by atoms with Crippen molar-refractivity contribution >= 4 is 44.1 Å². The predicted molar refractivity (Wildman–Crippen MR) is 103 cm³/mol. The molecule has 0 spiro atoms. The predicted octanol–water partition coefficient (Wildman–Crippen LogP) is 4.58. The van der Waals surface area contributed by atoms with Gasteiger partial charge in [-0.1, -0.05) is 13.0 Å². The normalized spacial score (nSPS) is 10.4. The van der Waals surface area contributed by atoms with E-state index in [1.807, 2.05) is 26.0 Å². The zero-order valence-corrected chi connectivity index (χ0v) is 16.8. The molecule has 5 nitrogen and oxygen atoms in total. The number of benzene rings is 1. The highest BCUT2D eigenvalue weighted by Gasteiger charge is 2.19. The van der Waals surface area contributed by atoms with E-state index in [0.717, 1.165) is 21.3 Å². The van der Waals surface area contributed by atoms with Crippen molar-refractivity contribution in [3.63, 3.8) is 0 Å². The van der Waals surface area contributed by atoms with Crippen LogP contribution in [-0.2, 0) is 16.0 Å². The number of ether oxygens (including phenoxy) is 2. The SMILES string of the molecule is CCOC(=O)c1cc(CC)sc1NC(=O)COc1ccc(C)cc1Br. The Labute approximate surface area is 159 Å². The zero-order chi connectivity index (χ0) is 18.4. The molecule has 7 heteroatoms. The van der Waals surface area contributed by atoms with Crippen molar-refractivity contribution in [3.8, 4) is 5.75 Å². The van der Waals surface area contributed by atoms with Gasteiger partial charge in [0, 0.05) is 4.88 Å². The molecule has 0 saturated heterocycles. The van der Waals surface area contributed by atoms with Gasteiger partial charge in [0.05, 0.1) is 16.6 Å². The largest absolute Gasteiger partial charge is 0.483 e. The first-order chi connectivity index (χ1) is 11.9. The average Bonchev–Trinajstić information content (AvgIpc) is 2.97. The summed E-state index contributed by atoms with van der Waals surface area (Å²) >= 11 is 4.78. The number of hydrogen-bond acceptors (Lipinski definition) is 5. The Balaban J connectivity index is 2.04. The van der Waals surface area contributed by atoms with Crippen molar-refractivity contribution in [2.24, 2.45) is 0 Å². The lowest BCUT2D eigenvalue weighted by Gasteiger charge is -2.09. The molecule has 1 N–H and O–H groups in total. The highest BCUT2D eigenvalue weighted by Crippen LogP contribution is 2.30. The standard InChI is InChI=1S/C18H20BrNO4S/c1-4-12-9-13(18(22)23-5-2)17(25-12)20-16(21)10-24-15-7-6-11(3)8-14(15)19/h6-9H,4-5,10H2,1-3H3,(H,20,21). The van der Waals surface area contributed by atoms with E-state index in [1.165, 1.54) is 11.3 Å². The monoisotopic (exact) mass is 425 g/mol. The molecule has 1 aromatic heterocycles. The Hall–Kier alpha value is -1.86. The maximum absolute atomic E-state index is 12.2. The molecule has 0 saturated carbocycles. The first kappa shape index (κ1) is 19.5. The molecule has 0 aliphatic carbocycles. The van der Waals surface area contributed by atoms with Crippen LogP contribution in [0, 0.1) is 6.92 Å². The van der Waals surface area contributed by atoms with Crippen LogP contribution in [0.25, 0.3) is 0 Å². The summed E-state index contributed by atoms with van der Waals surface area (Å²) in [4.78, 5) is 25.2. The molecule has 0 bridgehead atoms. The maximum atomic E-state index is 12.2. The quantitative estimate of drug-likeness (QED) is 0.659. The molecule has 0 unspecified atom stereocenters. The fraction of sp³-hybridized carbons (Fsp3) is 0.333. The third-order valence-electron chi connectivity index (χ3n) is 3.33. The van der Waals surface area contributed by atoms with Crippen molar-refractivity contribution < 1.29 is 19.1 Å². The number of esters is 1. The summed E-state index contributed by atoms with van der Waals surface area (Å²) in [6.07, 6.45) is 0.778. The van der Waals surface area contributed by atoms with Gasteiger partial charge >= 0.3 is 5.97 Å². The average molecular weight is 426 g/mol. The molecule has 0 radical (unpaired) electrons. The van der Waals surface area contributed by atoms with Crippen LogP contribution in [0.15, 0.2) is 28.7 Å². The van der Waals surface area contributed by atoms with Crippen LogP contribution < -0.4 is 10.1 Å². The molecular weight excluding hydrogens is 406 g/mol. The molecule has 0 fully saturated rings. The Morgan fingerprint density at radius 3 is 2.64 bits per heavy atom. The fourth-order valence-electron chi connectivity index (χ4n) is 2.10. The molecule has 2 rings (SSSR count). The van der Waals surface area contributed by atoms with Crippen LogP contribution in [0.2, 0.25) is 0 Å². The minimum Gasteiger partial charge on any atom is -0.483 e. The summed E-state index contributed by atoms with van der Waals surface area (Å²) in [5.74, 6) is -0.176. The summed E-state index contributed by atoms with van der Waals surface area (Å²) in [6.45, 7) is 5.85. The van der Waals surface area contributed by atoms with Crippen molar-refractivity contribution in [1.29, 1.82) is 0 Å². The molecule has 0 aliphatic heterocycles. The lowest BCUT2D eigenvalue weighted by atomic mass is 10.2. The molecule has 2 aromatic rings. The number of nitrogens with one attached hydrogen (secondary N) is 1. The number of aryl methyl sites for hydroxylation is 2. The molecule has 1 amide bonds. The van der Waals surface area contributed by atoms with E-state index in [1.54, 1.807) is 19.1 Å². The summed E-state index contributed by atoms with van der Waals surface area (Å²) < 4.78 is 11.4. The highest BCUT2D eigenvalue weighted by atomic mass is 79.9. The number of carbonyl (C=O) groups excluding carboxylic acids is 2. The molecule has 0 atom stereocenters. The summed E-state index contributed by atoms with van der Waals surface area (Å²) in [7, 11) is 0. The van der Waals surface area contributed by atoms with E-state index in [0.29, 0.717) is 16.3 Å². The van der Waals surface area contributed by atoms with Crippen molar-refractivity contribution in [2.75, 3.05) is 18.5 Å². The van der Waals surface area contributed by atoms with E-state index in [-0.39, 0.29) is 19.1 Å². The molecule has 134 valence electrons. The number of amides is 1. The Kier molecular flexibility index (Phi) is 7.01. The van der Waals surface area contributed by atoms with Gasteiger partial charge in [-0.2, -0.15) is 0 Å². The smallest absolute Gasteiger partial charge is 0.341 e. The molecule has 1 aromatic carbocycles. The first-order valence-electron chi connectivity index (χ1n) is 7.93. The van der Waals surface area contributed by atoms with Crippen molar-refractivity contribution in [1.82, 2.24) is 0 Å².